The number of hydrogen-bond acceptors (Lipinski definition) is 3. The van der Waals surface area contributed by atoms with Crippen LogP contribution in [0.2, 0.25) is 0 Å². The Bertz CT molecular complexity index is 225. The summed E-state index contributed by atoms with van der Waals surface area (Å²) in [6.07, 6.45) is 4.73. The molecule has 1 aliphatic carbocycles. The molecule has 1 atom stereocenters. The van der Waals surface area contributed by atoms with E-state index in [-0.39, 0.29) is 23.9 Å². The van der Waals surface area contributed by atoms with Crippen molar-refractivity contribution in [3.63, 3.8) is 0 Å². The summed E-state index contributed by atoms with van der Waals surface area (Å²) in [6, 6.07) is 0.325. The summed E-state index contributed by atoms with van der Waals surface area (Å²) in [4.78, 5) is 11.6. The molecule has 1 saturated carbocycles. The van der Waals surface area contributed by atoms with E-state index in [0.717, 1.165) is 32.4 Å². The maximum Gasteiger partial charge on any atom is 0.222 e. The van der Waals surface area contributed by atoms with Gasteiger partial charge < -0.3 is 16.4 Å². The molecule has 0 aromatic heterocycles. The molecule has 1 unspecified atom stereocenters. The molecule has 0 bridgehead atoms. The fourth-order valence-corrected chi connectivity index (χ4v) is 2.18. The van der Waals surface area contributed by atoms with E-state index in [0.29, 0.717) is 12.5 Å². The molecule has 0 spiro atoms. The van der Waals surface area contributed by atoms with Gasteiger partial charge in [0.05, 0.1) is 0 Å². The van der Waals surface area contributed by atoms with E-state index in [4.69, 9.17) is 5.73 Å². The first-order chi connectivity index (χ1) is 6.68. The Balaban J connectivity index is 0.00000112. The molecule has 2 rings (SSSR count). The van der Waals surface area contributed by atoms with Gasteiger partial charge in [0.1, 0.15) is 0 Å². The lowest BCUT2D eigenvalue weighted by Crippen LogP contribution is -2.51. The number of halogens is 1. The third-order valence-corrected chi connectivity index (χ3v) is 3.29. The quantitative estimate of drug-likeness (QED) is 0.651. The summed E-state index contributed by atoms with van der Waals surface area (Å²) in [5, 5.41) is 6.24. The number of amides is 1. The van der Waals surface area contributed by atoms with Crippen molar-refractivity contribution in [1.29, 1.82) is 0 Å². The number of rotatable bonds is 3. The third-order valence-electron chi connectivity index (χ3n) is 3.29. The Morgan fingerprint density at radius 2 is 2.27 bits per heavy atom. The largest absolute Gasteiger partial charge is 0.352 e. The number of hydrogen-bond donors (Lipinski definition) is 3. The Labute approximate surface area is 96.8 Å². The molecular weight excluding hydrogens is 214 g/mol. The first-order valence-corrected chi connectivity index (χ1v) is 5.47. The SMILES string of the molecule is Cl.NC1(CC(=O)NC2CCNC2)CCC1. The van der Waals surface area contributed by atoms with E-state index < -0.39 is 0 Å². The van der Waals surface area contributed by atoms with Crippen LogP contribution in [0.1, 0.15) is 32.1 Å². The predicted molar refractivity (Wildman–Crippen MR) is 62.1 cm³/mol. The van der Waals surface area contributed by atoms with Crippen LogP contribution in [0.3, 0.4) is 0 Å². The first kappa shape index (κ1) is 12.7. The Kier molecular flexibility index (Phi) is 4.37. The van der Waals surface area contributed by atoms with Crippen LogP contribution in [-0.4, -0.2) is 30.6 Å². The van der Waals surface area contributed by atoms with Crippen LogP contribution in [0.25, 0.3) is 0 Å². The second kappa shape index (κ2) is 5.14. The summed E-state index contributed by atoms with van der Waals surface area (Å²) in [5.41, 5.74) is 5.82. The molecule has 2 fully saturated rings. The smallest absolute Gasteiger partial charge is 0.222 e. The molecule has 5 heteroatoms. The fourth-order valence-electron chi connectivity index (χ4n) is 2.18. The van der Waals surface area contributed by atoms with Gasteiger partial charge in [0.25, 0.3) is 0 Å². The summed E-state index contributed by atoms with van der Waals surface area (Å²) >= 11 is 0. The van der Waals surface area contributed by atoms with E-state index in [9.17, 15) is 4.79 Å². The summed E-state index contributed by atoms with van der Waals surface area (Å²) in [5.74, 6) is 0.126. The first-order valence-electron chi connectivity index (χ1n) is 5.47. The Morgan fingerprint density at radius 3 is 2.73 bits per heavy atom. The average molecular weight is 234 g/mol. The average Bonchev–Trinajstić information content (AvgIpc) is 2.53. The summed E-state index contributed by atoms with van der Waals surface area (Å²) in [7, 11) is 0. The van der Waals surface area contributed by atoms with Crippen LogP contribution >= 0.6 is 12.4 Å². The van der Waals surface area contributed by atoms with Crippen molar-refractivity contribution < 1.29 is 4.79 Å². The van der Waals surface area contributed by atoms with Gasteiger partial charge in [-0.2, -0.15) is 0 Å². The van der Waals surface area contributed by atoms with Gasteiger partial charge >= 0.3 is 0 Å². The molecule has 0 aromatic carbocycles. The van der Waals surface area contributed by atoms with E-state index in [2.05, 4.69) is 10.6 Å². The van der Waals surface area contributed by atoms with Gasteiger partial charge in [-0.25, -0.2) is 0 Å². The van der Waals surface area contributed by atoms with Crippen LogP contribution < -0.4 is 16.4 Å². The zero-order valence-corrected chi connectivity index (χ0v) is 9.74. The Morgan fingerprint density at radius 1 is 1.53 bits per heavy atom. The number of carbonyl (C=O) groups is 1. The standard InChI is InChI=1S/C10H19N3O.ClH/c11-10(3-1-4-10)6-9(14)13-8-2-5-12-7-8;/h8,12H,1-7,11H2,(H,13,14);1H. The van der Waals surface area contributed by atoms with Crippen molar-refractivity contribution in [2.24, 2.45) is 5.73 Å². The molecule has 0 aromatic rings. The maximum atomic E-state index is 11.6. The van der Waals surface area contributed by atoms with Gasteiger partial charge in [0.15, 0.2) is 0 Å². The van der Waals surface area contributed by atoms with E-state index in [1.165, 1.54) is 6.42 Å². The highest BCUT2D eigenvalue weighted by Crippen LogP contribution is 2.31. The molecule has 15 heavy (non-hydrogen) atoms. The van der Waals surface area contributed by atoms with Gasteiger partial charge in [-0.05, 0) is 32.2 Å². The van der Waals surface area contributed by atoms with Gasteiger partial charge in [-0.15, -0.1) is 12.4 Å². The lowest BCUT2D eigenvalue weighted by atomic mass is 9.75. The third kappa shape index (κ3) is 3.33. The Hall–Kier alpha value is -0.320. The maximum absolute atomic E-state index is 11.6. The predicted octanol–water partition coefficient (Wildman–Crippen LogP) is 0.158. The van der Waals surface area contributed by atoms with Gasteiger partial charge in [0.2, 0.25) is 5.91 Å². The number of nitrogens with two attached hydrogens (primary N) is 1. The van der Waals surface area contributed by atoms with Crippen molar-refractivity contribution in [2.75, 3.05) is 13.1 Å². The van der Waals surface area contributed by atoms with Crippen molar-refractivity contribution in [2.45, 2.75) is 43.7 Å². The molecule has 4 nitrogen and oxygen atoms in total. The molecule has 1 amide bonds. The number of nitrogens with one attached hydrogen (secondary N) is 2. The van der Waals surface area contributed by atoms with Gasteiger partial charge in [0, 0.05) is 24.5 Å². The summed E-state index contributed by atoms with van der Waals surface area (Å²) < 4.78 is 0. The second-order valence-electron chi connectivity index (χ2n) is 4.65. The number of carbonyl (C=O) groups excluding carboxylic acids is 1. The minimum atomic E-state index is -0.184. The van der Waals surface area contributed by atoms with Crippen molar-refractivity contribution in [3.8, 4) is 0 Å². The van der Waals surface area contributed by atoms with Gasteiger partial charge in [-0.1, -0.05) is 0 Å². The van der Waals surface area contributed by atoms with Crippen LogP contribution in [0.4, 0.5) is 0 Å². The lowest BCUT2D eigenvalue weighted by Gasteiger charge is -2.37. The minimum absolute atomic E-state index is 0. The zero-order chi connectivity index (χ0) is 10.0. The van der Waals surface area contributed by atoms with Crippen molar-refractivity contribution in [3.05, 3.63) is 0 Å². The lowest BCUT2D eigenvalue weighted by molar-refractivity contribution is -0.123. The molecule has 4 N–H and O–H groups in total. The second-order valence-corrected chi connectivity index (χ2v) is 4.65. The molecule has 2 aliphatic rings. The highest BCUT2D eigenvalue weighted by molar-refractivity contribution is 5.85. The van der Waals surface area contributed by atoms with Crippen LogP contribution in [0.5, 0.6) is 0 Å². The normalized spacial score (nSPS) is 27.7. The monoisotopic (exact) mass is 233 g/mol. The highest BCUT2D eigenvalue weighted by Gasteiger charge is 2.35. The topological polar surface area (TPSA) is 67.2 Å². The van der Waals surface area contributed by atoms with E-state index >= 15 is 0 Å². The molecule has 88 valence electrons. The highest BCUT2D eigenvalue weighted by atomic mass is 35.5. The van der Waals surface area contributed by atoms with Crippen molar-refractivity contribution in [1.82, 2.24) is 10.6 Å². The summed E-state index contributed by atoms with van der Waals surface area (Å²) in [6.45, 7) is 1.92. The molecule has 1 heterocycles. The van der Waals surface area contributed by atoms with Crippen LogP contribution in [0.15, 0.2) is 0 Å². The van der Waals surface area contributed by atoms with Crippen LogP contribution in [-0.2, 0) is 4.79 Å². The minimum Gasteiger partial charge on any atom is -0.352 e. The molecule has 1 saturated heterocycles. The zero-order valence-electron chi connectivity index (χ0n) is 8.92. The van der Waals surface area contributed by atoms with E-state index in [1.807, 2.05) is 0 Å². The van der Waals surface area contributed by atoms with Gasteiger partial charge in [-0.3, -0.25) is 4.79 Å². The molecule has 0 radical (unpaired) electrons. The fraction of sp³-hybridized carbons (Fsp3) is 0.900. The molecular formula is C10H20ClN3O. The molecule has 1 aliphatic heterocycles. The van der Waals surface area contributed by atoms with Crippen molar-refractivity contribution >= 4 is 18.3 Å². The van der Waals surface area contributed by atoms with E-state index in [1.54, 1.807) is 0 Å². The van der Waals surface area contributed by atoms with Crippen LogP contribution in [0, 0.1) is 0 Å².